The normalized spacial score (nSPS) is 11.3. The van der Waals surface area contributed by atoms with E-state index >= 15 is 0 Å². The maximum atomic E-state index is 12.6. The molecule has 2 aliphatic rings. The van der Waals surface area contributed by atoms with Gasteiger partial charge in [-0.3, -0.25) is 14.6 Å². The molecule has 26 heavy (non-hydrogen) atoms. The first-order valence-electron chi connectivity index (χ1n) is 8.22. The lowest BCUT2D eigenvalue weighted by Crippen LogP contribution is -2.28. The van der Waals surface area contributed by atoms with Gasteiger partial charge in [0.15, 0.2) is 5.82 Å². The Morgan fingerprint density at radius 2 is 1.77 bits per heavy atom. The topological polar surface area (TPSA) is 113 Å². The van der Waals surface area contributed by atoms with Crippen LogP contribution in [0.2, 0.25) is 0 Å². The first kappa shape index (κ1) is 15.9. The summed E-state index contributed by atoms with van der Waals surface area (Å²) in [5.74, 6) is 0.643. The summed E-state index contributed by atoms with van der Waals surface area (Å²) in [4.78, 5) is 49.9. The van der Waals surface area contributed by atoms with E-state index in [0.717, 1.165) is 12.0 Å². The molecule has 1 aromatic carbocycles. The zero-order chi connectivity index (χ0) is 18.3. The fraction of sp³-hybridized carbons (Fsp3) is 0.167. The molecule has 2 aliphatic heterocycles. The van der Waals surface area contributed by atoms with Gasteiger partial charge in [-0.1, -0.05) is 37.3 Å². The number of hydrogen-bond donors (Lipinski definition) is 2. The fourth-order valence-corrected chi connectivity index (χ4v) is 3.01. The molecule has 0 radical (unpaired) electrons. The second-order valence-electron chi connectivity index (χ2n) is 5.92. The maximum Gasteiger partial charge on any atom is 0.349 e. The van der Waals surface area contributed by atoms with Gasteiger partial charge in [-0.25, -0.2) is 9.78 Å². The molecular formula is C18H15N5O3. The van der Waals surface area contributed by atoms with Crippen LogP contribution in [0, 0.1) is 0 Å². The standard InChI is InChI=1S/C18H15N5O3/c1-2-8-23-14-11(9-12-15(23)21-18(26)22-17(12)25)16(24)20-13(19-14)10-6-4-3-5-7-10/h3-7,9H,2,8H2,1H3,(H,19,20,24)(H,22,25,26). The minimum Gasteiger partial charge on any atom is -0.309 e. The average Bonchev–Trinajstić information content (AvgIpc) is 2.63. The van der Waals surface area contributed by atoms with Gasteiger partial charge in [-0.2, -0.15) is 4.98 Å². The van der Waals surface area contributed by atoms with Crippen molar-refractivity contribution >= 4 is 11.0 Å². The molecule has 0 atom stereocenters. The Bertz CT molecular complexity index is 1250. The third-order valence-corrected chi connectivity index (χ3v) is 4.14. The zero-order valence-corrected chi connectivity index (χ0v) is 13.9. The lowest BCUT2D eigenvalue weighted by atomic mass is 10.1. The molecule has 0 bridgehead atoms. The van der Waals surface area contributed by atoms with Crippen molar-refractivity contribution in [1.29, 1.82) is 0 Å². The predicted molar refractivity (Wildman–Crippen MR) is 97.4 cm³/mol. The van der Waals surface area contributed by atoms with E-state index in [4.69, 9.17) is 0 Å². The molecule has 2 N–H and O–H groups in total. The van der Waals surface area contributed by atoms with Crippen LogP contribution in [0.4, 0.5) is 0 Å². The molecule has 0 aliphatic carbocycles. The van der Waals surface area contributed by atoms with E-state index in [-0.39, 0.29) is 22.3 Å². The first-order chi connectivity index (χ1) is 12.6. The number of hydrogen-bond acceptors (Lipinski definition) is 5. The van der Waals surface area contributed by atoms with Crippen LogP contribution in [0.5, 0.6) is 0 Å². The Kier molecular flexibility index (Phi) is 3.72. The molecule has 0 spiro atoms. The summed E-state index contributed by atoms with van der Waals surface area (Å²) in [6.45, 7) is 2.42. The number of H-pyrrole nitrogens is 2. The third kappa shape index (κ3) is 2.52. The number of rotatable bonds is 3. The minimum absolute atomic E-state index is 0.185. The van der Waals surface area contributed by atoms with Gasteiger partial charge in [0.05, 0.1) is 10.9 Å². The van der Waals surface area contributed by atoms with Gasteiger partial charge < -0.3 is 9.55 Å². The molecule has 0 amide bonds. The lowest BCUT2D eigenvalue weighted by Gasteiger charge is -2.16. The summed E-state index contributed by atoms with van der Waals surface area (Å²) in [5.41, 5.74) is -0.313. The molecule has 130 valence electrons. The van der Waals surface area contributed by atoms with Crippen molar-refractivity contribution in [2.45, 2.75) is 19.9 Å². The van der Waals surface area contributed by atoms with Gasteiger partial charge in [0, 0.05) is 12.1 Å². The quantitative estimate of drug-likeness (QED) is 0.542. The second-order valence-corrected chi connectivity index (χ2v) is 5.92. The highest BCUT2D eigenvalue weighted by Gasteiger charge is 2.19. The highest BCUT2D eigenvalue weighted by molar-refractivity contribution is 5.83. The minimum atomic E-state index is -0.722. The van der Waals surface area contributed by atoms with E-state index in [1.54, 1.807) is 4.57 Å². The summed E-state index contributed by atoms with van der Waals surface area (Å²) in [5, 5.41) is 0.275. The zero-order valence-electron chi connectivity index (χ0n) is 13.9. The van der Waals surface area contributed by atoms with Crippen molar-refractivity contribution in [3.8, 4) is 22.8 Å². The molecule has 0 fully saturated rings. The SMILES string of the molecule is CCCn1c2nc(=O)[nH]c(=O)c-2cc2c(=O)[nH]c(-c3ccccc3)nc21. The molecule has 3 heterocycles. The van der Waals surface area contributed by atoms with Crippen LogP contribution in [0.25, 0.3) is 33.8 Å². The predicted octanol–water partition coefficient (Wildman–Crippen LogP) is 1.35. The highest BCUT2D eigenvalue weighted by Crippen LogP contribution is 2.22. The van der Waals surface area contributed by atoms with Crippen LogP contribution in [-0.2, 0) is 6.54 Å². The average molecular weight is 349 g/mol. The van der Waals surface area contributed by atoms with E-state index in [1.807, 2.05) is 37.3 Å². The molecule has 0 unspecified atom stereocenters. The maximum absolute atomic E-state index is 12.6. The van der Waals surface area contributed by atoms with E-state index in [0.29, 0.717) is 18.0 Å². The molecule has 8 heteroatoms. The molecule has 0 saturated carbocycles. The van der Waals surface area contributed by atoms with Crippen LogP contribution in [0.15, 0.2) is 50.8 Å². The van der Waals surface area contributed by atoms with Crippen molar-refractivity contribution in [3.63, 3.8) is 0 Å². The van der Waals surface area contributed by atoms with Gasteiger partial charge in [-0.05, 0) is 12.5 Å². The monoisotopic (exact) mass is 349 g/mol. The van der Waals surface area contributed by atoms with Crippen LogP contribution in [0.1, 0.15) is 13.3 Å². The Labute approximate surface area is 146 Å². The summed E-state index contributed by atoms with van der Waals surface area (Å²) in [6, 6.07) is 10.7. The molecule has 4 rings (SSSR count). The van der Waals surface area contributed by atoms with Gasteiger partial charge in [0.2, 0.25) is 0 Å². The number of aromatic nitrogens is 5. The van der Waals surface area contributed by atoms with Gasteiger partial charge in [0.25, 0.3) is 11.1 Å². The van der Waals surface area contributed by atoms with E-state index in [9.17, 15) is 14.4 Å². The third-order valence-electron chi connectivity index (χ3n) is 4.14. The number of aromatic amines is 2. The number of nitrogens with zero attached hydrogens (tertiary/aromatic N) is 3. The Balaban J connectivity index is 2.16. The molecular weight excluding hydrogens is 334 g/mol. The molecule has 1 aromatic heterocycles. The Hall–Kier alpha value is -3.55. The molecule has 2 aromatic rings. The first-order valence-corrected chi connectivity index (χ1v) is 8.22. The number of benzene rings is 1. The number of pyridine rings is 1. The van der Waals surface area contributed by atoms with E-state index in [2.05, 4.69) is 19.9 Å². The smallest absolute Gasteiger partial charge is 0.309 e. The van der Waals surface area contributed by atoms with Gasteiger partial charge >= 0.3 is 5.69 Å². The lowest BCUT2D eigenvalue weighted by molar-refractivity contribution is 0.682. The van der Waals surface area contributed by atoms with Crippen LogP contribution >= 0.6 is 0 Å². The number of nitrogens with one attached hydrogen (secondary N) is 2. The summed E-state index contributed by atoms with van der Waals surface area (Å²) >= 11 is 0. The molecule has 8 nitrogen and oxygen atoms in total. The van der Waals surface area contributed by atoms with Crippen molar-refractivity contribution in [1.82, 2.24) is 24.5 Å². The van der Waals surface area contributed by atoms with E-state index < -0.39 is 11.2 Å². The van der Waals surface area contributed by atoms with Crippen molar-refractivity contribution in [3.05, 3.63) is 67.6 Å². The summed E-state index contributed by atoms with van der Waals surface area (Å²) in [6.07, 6.45) is 0.719. The summed E-state index contributed by atoms with van der Waals surface area (Å²) < 4.78 is 1.66. The highest BCUT2D eigenvalue weighted by atomic mass is 16.2. The van der Waals surface area contributed by atoms with Gasteiger partial charge in [-0.15, -0.1) is 0 Å². The van der Waals surface area contributed by atoms with Crippen LogP contribution in [-0.4, -0.2) is 24.5 Å². The Morgan fingerprint density at radius 3 is 2.50 bits per heavy atom. The largest absolute Gasteiger partial charge is 0.349 e. The van der Waals surface area contributed by atoms with Crippen LogP contribution in [0.3, 0.4) is 0 Å². The Morgan fingerprint density at radius 1 is 1.00 bits per heavy atom. The number of aryl methyl sites for hydroxylation is 1. The van der Waals surface area contributed by atoms with Gasteiger partial charge in [0.1, 0.15) is 11.5 Å². The van der Waals surface area contributed by atoms with Crippen LogP contribution < -0.4 is 16.8 Å². The summed E-state index contributed by atoms with van der Waals surface area (Å²) in [7, 11) is 0. The fourth-order valence-electron chi connectivity index (χ4n) is 3.01. The van der Waals surface area contributed by atoms with E-state index in [1.165, 1.54) is 6.07 Å². The van der Waals surface area contributed by atoms with Crippen molar-refractivity contribution < 1.29 is 0 Å². The number of fused-ring (bicyclic) bond motifs is 2. The molecule has 0 saturated heterocycles. The van der Waals surface area contributed by atoms with Crippen molar-refractivity contribution in [2.75, 3.05) is 0 Å². The second kappa shape index (κ2) is 6.07. The van der Waals surface area contributed by atoms with Crippen molar-refractivity contribution in [2.24, 2.45) is 0 Å².